The first-order valence-corrected chi connectivity index (χ1v) is 10.3. The Kier molecular flexibility index (Phi) is 5.49. The number of nitrogens with zero attached hydrogens (tertiary/aromatic N) is 3. The second kappa shape index (κ2) is 8.21. The van der Waals surface area contributed by atoms with Crippen molar-refractivity contribution < 1.29 is 0 Å². The summed E-state index contributed by atoms with van der Waals surface area (Å²) in [6, 6.07) is 13.4. The highest BCUT2D eigenvalue weighted by atomic mass is 15.3. The van der Waals surface area contributed by atoms with E-state index in [2.05, 4.69) is 77.2 Å². The van der Waals surface area contributed by atoms with E-state index in [-0.39, 0.29) is 0 Å². The minimum Gasteiger partial charge on any atom is -0.361 e. The lowest BCUT2D eigenvalue weighted by Crippen LogP contribution is -2.33. The zero-order valence-electron chi connectivity index (χ0n) is 17.3. The number of aromatic nitrogens is 1. The van der Waals surface area contributed by atoms with Crippen LogP contribution in [-0.4, -0.2) is 16.4 Å². The average Bonchev–Trinajstić information content (AvgIpc) is 3.22. The Bertz CT molecular complexity index is 1060. The van der Waals surface area contributed by atoms with E-state index in [0.29, 0.717) is 11.7 Å². The number of H-pyrrole nitrogens is 1. The van der Waals surface area contributed by atoms with Gasteiger partial charge in [0.2, 0.25) is 0 Å². The molecule has 5 heteroatoms. The highest BCUT2D eigenvalue weighted by molar-refractivity contribution is 5.87. The number of aryl methyl sites for hydroxylation is 2. The van der Waals surface area contributed by atoms with E-state index in [1.807, 2.05) is 6.07 Å². The van der Waals surface area contributed by atoms with Crippen molar-refractivity contribution in [2.75, 3.05) is 6.54 Å². The van der Waals surface area contributed by atoms with Crippen molar-refractivity contribution in [3.63, 3.8) is 0 Å². The van der Waals surface area contributed by atoms with Crippen LogP contribution in [0.1, 0.15) is 53.1 Å². The van der Waals surface area contributed by atoms with Gasteiger partial charge in [-0.1, -0.05) is 42.5 Å². The monoisotopic (exact) mass is 387 g/mol. The minimum absolute atomic E-state index is 0.390. The Morgan fingerprint density at radius 1 is 1.21 bits per heavy atom. The zero-order chi connectivity index (χ0) is 20.4. The number of benzene rings is 2. The second-order valence-corrected chi connectivity index (χ2v) is 8.02. The van der Waals surface area contributed by atoms with Crippen LogP contribution in [0.3, 0.4) is 0 Å². The number of hydrogen-bond donors (Lipinski definition) is 2. The lowest BCUT2D eigenvalue weighted by Gasteiger charge is -2.37. The van der Waals surface area contributed by atoms with Crippen LogP contribution < -0.4 is 5.84 Å². The van der Waals surface area contributed by atoms with Gasteiger partial charge in [-0.2, -0.15) is 0 Å². The van der Waals surface area contributed by atoms with E-state index < -0.39 is 0 Å². The van der Waals surface area contributed by atoms with Crippen LogP contribution in [0.25, 0.3) is 16.6 Å². The molecule has 3 N–H and O–H groups in total. The molecule has 150 valence electrons. The molecular formula is C24H29N5. The third-order valence-corrected chi connectivity index (χ3v) is 6.13. The number of piperidine rings is 1. The van der Waals surface area contributed by atoms with E-state index in [0.717, 1.165) is 25.1 Å². The summed E-state index contributed by atoms with van der Waals surface area (Å²) in [6.07, 6.45) is 5.71. The van der Waals surface area contributed by atoms with Crippen molar-refractivity contribution in [1.29, 1.82) is 0 Å². The third kappa shape index (κ3) is 3.83. The van der Waals surface area contributed by atoms with Crippen molar-refractivity contribution in [3.05, 3.63) is 77.0 Å². The predicted molar refractivity (Wildman–Crippen MR) is 119 cm³/mol. The summed E-state index contributed by atoms with van der Waals surface area (Å²) in [5, 5.41) is 8.63. The maximum absolute atomic E-state index is 5.20. The van der Waals surface area contributed by atoms with Crippen LogP contribution in [0.5, 0.6) is 0 Å². The topological polar surface area (TPSA) is 69.8 Å². The van der Waals surface area contributed by atoms with E-state index in [1.54, 1.807) is 0 Å². The molecule has 0 saturated carbocycles. The molecular weight excluding hydrogens is 358 g/mol. The first kappa shape index (κ1) is 19.4. The number of fused-ring (bicyclic) bond motifs is 1. The van der Waals surface area contributed by atoms with Gasteiger partial charge in [-0.25, -0.2) is 0 Å². The zero-order valence-corrected chi connectivity index (χ0v) is 17.3. The number of likely N-dealkylation sites (tertiary alicyclic amines) is 1. The molecule has 1 aliphatic heterocycles. The number of nitrogens with two attached hydrogens (primary N) is 1. The largest absolute Gasteiger partial charge is 0.361 e. The Morgan fingerprint density at radius 2 is 2.07 bits per heavy atom. The maximum Gasteiger partial charge on any atom is 0.0874 e. The molecule has 1 unspecified atom stereocenters. The summed E-state index contributed by atoms with van der Waals surface area (Å²) >= 11 is 0. The number of nitrogens with one attached hydrogen (secondary N) is 1. The van der Waals surface area contributed by atoms with E-state index >= 15 is 0 Å². The van der Waals surface area contributed by atoms with Gasteiger partial charge in [0.15, 0.2) is 0 Å². The van der Waals surface area contributed by atoms with Gasteiger partial charge in [0.1, 0.15) is 0 Å². The fourth-order valence-corrected chi connectivity index (χ4v) is 4.67. The van der Waals surface area contributed by atoms with E-state index in [4.69, 9.17) is 5.84 Å². The maximum atomic E-state index is 5.20. The molecule has 1 aromatic heterocycles. The van der Waals surface area contributed by atoms with Crippen LogP contribution in [0.4, 0.5) is 0 Å². The third-order valence-electron chi connectivity index (χ3n) is 6.13. The molecule has 5 nitrogen and oxygen atoms in total. The van der Waals surface area contributed by atoms with Crippen LogP contribution in [0.2, 0.25) is 0 Å². The summed E-state index contributed by atoms with van der Waals surface area (Å²) in [5.41, 5.74) is 8.24. The van der Waals surface area contributed by atoms with Crippen LogP contribution >= 0.6 is 0 Å². The minimum atomic E-state index is 0.390. The molecule has 2 heterocycles. The molecule has 29 heavy (non-hydrogen) atoms. The van der Waals surface area contributed by atoms with Gasteiger partial charge < -0.3 is 10.8 Å². The molecule has 1 saturated heterocycles. The lowest BCUT2D eigenvalue weighted by molar-refractivity contribution is 0.141. The molecule has 0 radical (unpaired) electrons. The molecule has 0 amide bonds. The molecule has 1 aliphatic rings. The smallest absolute Gasteiger partial charge is 0.0874 e. The summed E-state index contributed by atoms with van der Waals surface area (Å²) in [7, 11) is 0. The molecule has 2 aromatic carbocycles. The van der Waals surface area contributed by atoms with Gasteiger partial charge in [0, 0.05) is 35.2 Å². The lowest BCUT2D eigenvalue weighted by atomic mass is 9.92. The normalized spacial score (nSPS) is 17.9. The molecule has 0 aliphatic carbocycles. The average molecular weight is 388 g/mol. The van der Waals surface area contributed by atoms with Gasteiger partial charge in [0.05, 0.1) is 5.70 Å². The van der Waals surface area contributed by atoms with Crippen molar-refractivity contribution in [1.82, 2.24) is 9.88 Å². The standard InChI is InChI=1S/C24H29N5/c1-16-13-17(2)24-21(10-11-26-24)22(16)15-29-12-5-4-9-23(29)20-8-6-7-19(14-20)18(3)27-28-25/h6-8,10-11,13-14,23,26H,3-5,9,12,15H2,1-2H3,(H2,25,27). The predicted octanol–water partition coefficient (Wildman–Crippen LogP) is 5.81. The molecule has 0 spiro atoms. The van der Waals surface area contributed by atoms with Crippen LogP contribution in [0.15, 0.2) is 59.5 Å². The van der Waals surface area contributed by atoms with E-state index in [9.17, 15) is 0 Å². The Labute approximate surface area is 172 Å². The Balaban J connectivity index is 1.67. The van der Waals surface area contributed by atoms with Gasteiger partial charge in [-0.3, -0.25) is 4.90 Å². The quantitative estimate of drug-likeness (QED) is 0.329. The van der Waals surface area contributed by atoms with E-state index in [1.165, 1.54) is 46.0 Å². The van der Waals surface area contributed by atoms with Gasteiger partial charge in [0.25, 0.3) is 0 Å². The van der Waals surface area contributed by atoms with Crippen LogP contribution in [0, 0.1) is 13.8 Å². The number of aromatic amines is 1. The van der Waals surface area contributed by atoms with Crippen molar-refractivity contribution in [2.24, 2.45) is 16.2 Å². The van der Waals surface area contributed by atoms with Crippen molar-refractivity contribution in [3.8, 4) is 0 Å². The Hall–Kier alpha value is -2.92. The summed E-state index contributed by atoms with van der Waals surface area (Å²) in [6.45, 7) is 10.5. The molecule has 4 rings (SSSR count). The first-order valence-electron chi connectivity index (χ1n) is 10.3. The summed E-state index contributed by atoms with van der Waals surface area (Å²) in [4.78, 5) is 6.03. The van der Waals surface area contributed by atoms with Crippen LogP contribution in [-0.2, 0) is 6.54 Å². The van der Waals surface area contributed by atoms with Gasteiger partial charge in [-0.15, -0.1) is 5.11 Å². The van der Waals surface area contributed by atoms with Gasteiger partial charge in [-0.05, 0) is 67.6 Å². The highest BCUT2D eigenvalue weighted by Gasteiger charge is 2.25. The van der Waals surface area contributed by atoms with Gasteiger partial charge >= 0.3 is 0 Å². The SMILES string of the molecule is C=C(N=NN)c1cccc(C2CCCCN2Cc2c(C)cc(C)c3[nH]ccc23)c1. The summed E-state index contributed by atoms with van der Waals surface area (Å²) < 4.78 is 0. The fraction of sp³-hybridized carbons (Fsp3) is 0.333. The number of hydrogen-bond acceptors (Lipinski definition) is 3. The summed E-state index contributed by atoms with van der Waals surface area (Å²) in [5.74, 6) is 5.20. The molecule has 1 atom stereocenters. The highest BCUT2D eigenvalue weighted by Crippen LogP contribution is 2.35. The fourth-order valence-electron chi connectivity index (χ4n) is 4.67. The molecule has 1 fully saturated rings. The molecule has 3 aromatic rings. The Morgan fingerprint density at radius 3 is 2.90 bits per heavy atom. The number of rotatable bonds is 5. The first-order chi connectivity index (χ1) is 14.1. The second-order valence-electron chi connectivity index (χ2n) is 8.02. The van der Waals surface area contributed by atoms with Crippen molar-refractivity contribution in [2.45, 2.75) is 45.7 Å². The van der Waals surface area contributed by atoms with Crippen molar-refractivity contribution >= 4 is 16.6 Å². The molecule has 0 bridgehead atoms.